The Hall–Kier alpha value is -2.80. The van der Waals surface area contributed by atoms with E-state index in [2.05, 4.69) is 29.9 Å². The maximum Gasteiger partial charge on any atom is 0.331 e. The average molecular weight is 397 g/mol. The van der Waals surface area contributed by atoms with Crippen molar-refractivity contribution in [3.63, 3.8) is 0 Å². The number of hydrogen-bond donors (Lipinski definition) is 4. The monoisotopic (exact) mass is 397 g/mol. The molecule has 3 heterocycles. The zero-order valence-corrected chi connectivity index (χ0v) is 17.2. The van der Waals surface area contributed by atoms with Crippen LogP contribution in [0.4, 0.5) is 0 Å². The molecule has 0 spiro atoms. The Kier molecular flexibility index (Phi) is 5.08. The van der Waals surface area contributed by atoms with Crippen LogP contribution in [0.3, 0.4) is 0 Å². The summed E-state index contributed by atoms with van der Waals surface area (Å²) in [6.45, 7) is 5.47. The van der Waals surface area contributed by atoms with Gasteiger partial charge in [-0.2, -0.15) is 0 Å². The summed E-state index contributed by atoms with van der Waals surface area (Å²) in [6, 6.07) is 7.74. The number of nitrogens with zero attached hydrogens (tertiary/aromatic N) is 1. The Bertz CT molecular complexity index is 1160. The average Bonchev–Trinajstić information content (AvgIpc) is 3.04. The van der Waals surface area contributed by atoms with Crippen molar-refractivity contribution in [2.75, 3.05) is 13.6 Å². The molecule has 1 aliphatic rings. The highest BCUT2D eigenvalue weighted by Gasteiger charge is 2.37. The Labute approximate surface area is 169 Å². The molecule has 0 aliphatic carbocycles. The molecular formula is C22H29N4O3+. The highest BCUT2D eigenvalue weighted by molar-refractivity contribution is 5.85. The van der Waals surface area contributed by atoms with E-state index in [0.29, 0.717) is 12.5 Å². The first-order valence-electron chi connectivity index (χ1n) is 10.4. The summed E-state index contributed by atoms with van der Waals surface area (Å²) in [6.07, 6.45) is 2.61. The second-order valence-corrected chi connectivity index (χ2v) is 8.53. The van der Waals surface area contributed by atoms with Gasteiger partial charge in [-0.15, -0.1) is 0 Å². The number of benzene rings is 1. The van der Waals surface area contributed by atoms with Crippen LogP contribution in [0.15, 0.2) is 33.9 Å². The molecule has 2 aromatic heterocycles. The molecular weight excluding hydrogens is 368 g/mol. The van der Waals surface area contributed by atoms with E-state index in [9.17, 15) is 14.7 Å². The number of para-hydroxylation sites is 1. The summed E-state index contributed by atoms with van der Waals surface area (Å²) < 4.78 is 1.31. The number of rotatable bonds is 5. The van der Waals surface area contributed by atoms with Gasteiger partial charge in [-0.25, -0.2) is 4.79 Å². The number of H-pyrrole nitrogens is 2. The van der Waals surface area contributed by atoms with Crippen LogP contribution < -0.4 is 16.1 Å². The smallest absolute Gasteiger partial charge is 0.331 e. The van der Waals surface area contributed by atoms with Gasteiger partial charge in [-0.1, -0.05) is 32.0 Å². The van der Waals surface area contributed by atoms with E-state index < -0.39 is 11.2 Å². The Morgan fingerprint density at radius 2 is 2.00 bits per heavy atom. The summed E-state index contributed by atoms with van der Waals surface area (Å²) in [4.78, 5) is 32.2. The third kappa shape index (κ3) is 3.40. The summed E-state index contributed by atoms with van der Waals surface area (Å²) >= 11 is 0. The van der Waals surface area contributed by atoms with E-state index in [1.54, 1.807) is 0 Å². The molecule has 29 heavy (non-hydrogen) atoms. The molecule has 7 nitrogen and oxygen atoms in total. The van der Waals surface area contributed by atoms with Gasteiger partial charge in [0.05, 0.1) is 19.3 Å². The van der Waals surface area contributed by atoms with Crippen LogP contribution in [0.2, 0.25) is 0 Å². The van der Waals surface area contributed by atoms with E-state index in [0.717, 1.165) is 47.3 Å². The molecule has 3 aromatic rings. The number of quaternary nitrogens is 1. The lowest BCUT2D eigenvalue weighted by molar-refractivity contribution is -0.908. The normalized spacial score (nSPS) is 19.0. The van der Waals surface area contributed by atoms with Gasteiger partial charge in [0, 0.05) is 23.9 Å². The summed E-state index contributed by atoms with van der Waals surface area (Å²) in [5.74, 6) is 0.302. The van der Waals surface area contributed by atoms with Gasteiger partial charge < -0.3 is 15.0 Å². The lowest BCUT2D eigenvalue weighted by atomic mass is 9.94. The van der Waals surface area contributed by atoms with Crippen molar-refractivity contribution in [2.45, 2.75) is 45.7 Å². The van der Waals surface area contributed by atoms with E-state index in [-0.39, 0.29) is 17.5 Å². The second kappa shape index (κ2) is 7.55. The lowest BCUT2D eigenvalue weighted by Crippen LogP contribution is -3.10. The third-order valence-electron chi connectivity index (χ3n) is 6.06. The molecule has 1 aliphatic heterocycles. The van der Waals surface area contributed by atoms with Gasteiger partial charge in [0.2, 0.25) is 5.88 Å². The molecule has 1 aromatic carbocycles. The van der Waals surface area contributed by atoms with Gasteiger partial charge in [0.15, 0.2) is 6.04 Å². The van der Waals surface area contributed by atoms with E-state index in [1.807, 2.05) is 25.2 Å². The topological polar surface area (TPSA) is 95.3 Å². The van der Waals surface area contributed by atoms with Crippen molar-refractivity contribution < 1.29 is 10.0 Å². The summed E-state index contributed by atoms with van der Waals surface area (Å²) in [5, 5.41) is 12.2. The molecule has 154 valence electrons. The Morgan fingerprint density at radius 1 is 1.24 bits per heavy atom. The first-order valence-corrected chi connectivity index (χ1v) is 10.4. The van der Waals surface area contributed by atoms with Crippen LogP contribution in [0, 0.1) is 5.92 Å². The molecule has 0 amide bonds. The first-order chi connectivity index (χ1) is 13.9. The van der Waals surface area contributed by atoms with Crippen LogP contribution in [0.5, 0.6) is 5.88 Å². The number of likely N-dealkylation sites (N-methyl/N-ethyl adjacent to an activating group) is 1. The molecule has 0 saturated heterocycles. The zero-order valence-electron chi connectivity index (χ0n) is 17.2. The predicted octanol–water partition coefficient (Wildman–Crippen LogP) is 1.32. The maximum atomic E-state index is 12.8. The van der Waals surface area contributed by atoms with Crippen molar-refractivity contribution in [1.82, 2.24) is 14.5 Å². The molecule has 0 fully saturated rings. The maximum absolute atomic E-state index is 12.8. The summed E-state index contributed by atoms with van der Waals surface area (Å²) in [7, 11) is 2.02. The van der Waals surface area contributed by atoms with Gasteiger partial charge in [-0.3, -0.25) is 14.3 Å². The number of hydrogen-bond acceptors (Lipinski definition) is 3. The van der Waals surface area contributed by atoms with E-state index >= 15 is 0 Å². The number of fused-ring (bicyclic) bond motifs is 3. The molecule has 4 N–H and O–H groups in total. The molecule has 2 atom stereocenters. The fourth-order valence-electron chi connectivity index (χ4n) is 4.54. The third-order valence-corrected chi connectivity index (χ3v) is 6.06. The fraction of sp³-hybridized carbons (Fsp3) is 0.455. The quantitative estimate of drug-likeness (QED) is 0.523. The minimum absolute atomic E-state index is 0.210. The van der Waals surface area contributed by atoms with Crippen molar-refractivity contribution in [3.8, 4) is 5.88 Å². The Morgan fingerprint density at radius 3 is 2.76 bits per heavy atom. The van der Waals surface area contributed by atoms with E-state index in [1.165, 1.54) is 10.1 Å². The van der Waals surface area contributed by atoms with Gasteiger partial charge in [-0.05, 0) is 30.4 Å². The number of aromatic hydroxyl groups is 1. The van der Waals surface area contributed by atoms with Crippen LogP contribution >= 0.6 is 0 Å². The SMILES string of the molecule is CC(C)CCCn1c(O)c([C@H]2c3[nH]c4ccccc4c3CC[NH+]2C)c(=O)[nH]c1=O. The highest BCUT2D eigenvalue weighted by atomic mass is 16.3. The predicted molar refractivity (Wildman–Crippen MR) is 113 cm³/mol. The number of aromatic nitrogens is 3. The van der Waals surface area contributed by atoms with Gasteiger partial charge in [0.1, 0.15) is 5.56 Å². The van der Waals surface area contributed by atoms with Crippen LogP contribution in [-0.2, 0) is 13.0 Å². The molecule has 1 unspecified atom stereocenters. The molecule has 7 heteroatoms. The van der Waals surface area contributed by atoms with Crippen LogP contribution in [-0.4, -0.2) is 33.2 Å². The first kappa shape index (κ1) is 19.5. The molecule has 0 bridgehead atoms. The fourth-order valence-corrected chi connectivity index (χ4v) is 4.54. The lowest BCUT2D eigenvalue weighted by Gasteiger charge is -2.30. The summed E-state index contributed by atoms with van der Waals surface area (Å²) in [5.41, 5.74) is 2.36. The molecule has 0 radical (unpaired) electrons. The van der Waals surface area contributed by atoms with Crippen molar-refractivity contribution in [1.29, 1.82) is 0 Å². The zero-order chi connectivity index (χ0) is 20.7. The number of aromatic amines is 2. The van der Waals surface area contributed by atoms with Crippen LogP contribution in [0.25, 0.3) is 10.9 Å². The molecule has 4 rings (SSSR count). The van der Waals surface area contributed by atoms with Crippen molar-refractivity contribution in [3.05, 3.63) is 61.9 Å². The van der Waals surface area contributed by atoms with Crippen molar-refractivity contribution in [2.24, 2.45) is 5.92 Å². The Balaban J connectivity index is 1.84. The molecule has 0 saturated carbocycles. The second-order valence-electron chi connectivity index (χ2n) is 8.53. The van der Waals surface area contributed by atoms with E-state index in [4.69, 9.17) is 0 Å². The van der Waals surface area contributed by atoms with Gasteiger partial charge >= 0.3 is 5.69 Å². The largest absolute Gasteiger partial charge is 0.494 e. The minimum atomic E-state index is -0.551. The minimum Gasteiger partial charge on any atom is -0.494 e. The number of nitrogens with one attached hydrogen (secondary N) is 3. The highest BCUT2D eigenvalue weighted by Crippen LogP contribution is 2.32. The van der Waals surface area contributed by atoms with Crippen molar-refractivity contribution >= 4 is 10.9 Å². The van der Waals surface area contributed by atoms with Crippen LogP contribution in [0.1, 0.15) is 49.6 Å². The van der Waals surface area contributed by atoms with Gasteiger partial charge in [0.25, 0.3) is 5.56 Å². The standard InChI is InChI=1S/C22H28N4O3/c1-13(2)7-6-11-26-21(28)17(20(27)24-22(26)29)19-18-15(10-12-25(19)3)14-8-4-5-9-16(14)23-18/h4-5,8-9,13,19,23,28H,6-7,10-12H2,1-3H3,(H,24,27,29)/p+1/t19-/m0/s1.